The maximum absolute atomic E-state index is 13.3. The van der Waals surface area contributed by atoms with Gasteiger partial charge in [0.05, 0.1) is 0 Å². The first-order chi connectivity index (χ1) is 8.52. The zero-order valence-electron chi connectivity index (χ0n) is 11.6. The van der Waals surface area contributed by atoms with Crippen LogP contribution in [0.15, 0.2) is 23.1 Å². The lowest BCUT2D eigenvalue weighted by Gasteiger charge is -2.13. The molecule has 0 saturated heterocycles. The molecule has 0 saturated carbocycles. The van der Waals surface area contributed by atoms with Gasteiger partial charge < -0.3 is 5.73 Å². The third kappa shape index (κ3) is 5.40. The second-order valence-electron chi connectivity index (χ2n) is 5.16. The summed E-state index contributed by atoms with van der Waals surface area (Å²) in [6.45, 7) is 6.51. The van der Waals surface area contributed by atoms with E-state index in [1.165, 1.54) is 11.3 Å². The van der Waals surface area contributed by atoms with Crippen molar-refractivity contribution >= 4 is 11.8 Å². The minimum atomic E-state index is -0.165. The maximum atomic E-state index is 13.3. The first-order valence-corrected chi connectivity index (χ1v) is 7.68. The molecule has 18 heavy (non-hydrogen) atoms. The average molecular weight is 269 g/mol. The molecule has 0 heterocycles. The van der Waals surface area contributed by atoms with Gasteiger partial charge in [0.1, 0.15) is 5.82 Å². The van der Waals surface area contributed by atoms with Gasteiger partial charge in [0.25, 0.3) is 0 Å². The van der Waals surface area contributed by atoms with E-state index in [4.69, 9.17) is 5.73 Å². The van der Waals surface area contributed by atoms with Crippen LogP contribution >= 0.6 is 11.8 Å². The van der Waals surface area contributed by atoms with Crippen LogP contribution in [-0.2, 0) is 6.42 Å². The Bertz CT molecular complexity index is 366. The van der Waals surface area contributed by atoms with Crippen molar-refractivity contribution in [2.24, 2.45) is 11.7 Å². The second-order valence-corrected chi connectivity index (χ2v) is 6.29. The van der Waals surface area contributed by atoms with Crippen LogP contribution in [0, 0.1) is 11.7 Å². The quantitative estimate of drug-likeness (QED) is 0.749. The van der Waals surface area contributed by atoms with Crippen LogP contribution in [0.25, 0.3) is 0 Å². The monoisotopic (exact) mass is 269 g/mol. The SMILES string of the molecule is CCC(N)Cc1cc(F)ccc1SCCC(C)C. The predicted molar refractivity (Wildman–Crippen MR) is 78.5 cm³/mol. The van der Waals surface area contributed by atoms with Gasteiger partial charge in [-0.25, -0.2) is 4.39 Å². The van der Waals surface area contributed by atoms with Crippen LogP contribution in [0.4, 0.5) is 4.39 Å². The molecule has 102 valence electrons. The van der Waals surface area contributed by atoms with E-state index in [1.54, 1.807) is 12.1 Å². The molecule has 2 N–H and O–H groups in total. The zero-order valence-corrected chi connectivity index (χ0v) is 12.4. The van der Waals surface area contributed by atoms with Crippen LogP contribution in [0.3, 0.4) is 0 Å². The fourth-order valence-electron chi connectivity index (χ4n) is 1.68. The highest BCUT2D eigenvalue weighted by Gasteiger charge is 2.09. The minimum Gasteiger partial charge on any atom is -0.327 e. The first-order valence-electron chi connectivity index (χ1n) is 6.69. The molecule has 1 nitrogen and oxygen atoms in total. The van der Waals surface area contributed by atoms with E-state index in [9.17, 15) is 4.39 Å². The predicted octanol–water partition coefficient (Wildman–Crippen LogP) is 4.24. The molecule has 0 aliphatic carbocycles. The molecule has 0 aliphatic heterocycles. The van der Waals surface area contributed by atoms with Gasteiger partial charge in [-0.05, 0) is 54.7 Å². The molecule has 1 aromatic carbocycles. The molecule has 3 heteroatoms. The van der Waals surface area contributed by atoms with Crippen molar-refractivity contribution in [2.45, 2.75) is 51.0 Å². The molecule has 0 spiro atoms. The van der Waals surface area contributed by atoms with E-state index in [2.05, 4.69) is 20.8 Å². The number of halogens is 1. The Morgan fingerprint density at radius 3 is 2.67 bits per heavy atom. The molecule has 1 rings (SSSR count). The number of nitrogens with two attached hydrogens (primary N) is 1. The molecule has 0 radical (unpaired) electrons. The summed E-state index contributed by atoms with van der Waals surface area (Å²) in [5.41, 5.74) is 7.02. The Morgan fingerprint density at radius 1 is 1.33 bits per heavy atom. The number of hydrogen-bond donors (Lipinski definition) is 1. The summed E-state index contributed by atoms with van der Waals surface area (Å²) < 4.78 is 13.3. The molecule has 1 atom stereocenters. The highest BCUT2D eigenvalue weighted by molar-refractivity contribution is 7.99. The van der Waals surface area contributed by atoms with Crippen molar-refractivity contribution in [2.75, 3.05) is 5.75 Å². The van der Waals surface area contributed by atoms with Crippen molar-refractivity contribution in [3.63, 3.8) is 0 Å². The Hall–Kier alpha value is -0.540. The van der Waals surface area contributed by atoms with E-state index in [-0.39, 0.29) is 11.9 Å². The molecule has 0 fully saturated rings. The number of rotatable bonds is 7. The standard InChI is InChI=1S/C15H24FNS/c1-4-14(17)10-12-9-13(16)5-6-15(12)18-8-7-11(2)3/h5-6,9,11,14H,4,7-8,10,17H2,1-3H3. The van der Waals surface area contributed by atoms with Gasteiger partial charge in [-0.3, -0.25) is 0 Å². The highest BCUT2D eigenvalue weighted by atomic mass is 32.2. The fourth-order valence-corrected chi connectivity index (χ4v) is 2.98. The average Bonchev–Trinajstić information content (AvgIpc) is 2.31. The summed E-state index contributed by atoms with van der Waals surface area (Å²) >= 11 is 1.81. The Morgan fingerprint density at radius 2 is 2.06 bits per heavy atom. The smallest absolute Gasteiger partial charge is 0.123 e. The van der Waals surface area contributed by atoms with Crippen molar-refractivity contribution in [1.82, 2.24) is 0 Å². The first kappa shape index (κ1) is 15.5. The lowest BCUT2D eigenvalue weighted by atomic mass is 10.0. The summed E-state index contributed by atoms with van der Waals surface area (Å²) in [5.74, 6) is 1.62. The Labute approximate surface area is 114 Å². The Kier molecular flexibility index (Phi) is 6.72. The van der Waals surface area contributed by atoms with Crippen LogP contribution in [-0.4, -0.2) is 11.8 Å². The van der Waals surface area contributed by atoms with Gasteiger partial charge in [0, 0.05) is 10.9 Å². The molecule has 1 aromatic rings. The fraction of sp³-hybridized carbons (Fsp3) is 0.600. The highest BCUT2D eigenvalue weighted by Crippen LogP contribution is 2.26. The largest absolute Gasteiger partial charge is 0.327 e. The van der Waals surface area contributed by atoms with Crippen LogP contribution in [0.1, 0.15) is 39.2 Å². The molecular weight excluding hydrogens is 245 g/mol. The summed E-state index contributed by atoms with van der Waals surface area (Å²) in [4.78, 5) is 1.18. The number of hydrogen-bond acceptors (Lipinski definition) is 2. The van der Waals surface area contributed by atoms with Gasteiger partial charge in [-0.15, -0.1) is 11.8 Å². The number of thioether (sulfide) groups is 1. The van der Waals surface area contributed by atoms with Crippen molar-refractivity contribution in [3.05, 3.63) is 29.6 Å². The lowest BCUT2D eigenvalue weighted by molar-refractivity contribution is 0.609. The van der Waals surface area contributed by atoms with E-state index in [0.717, 1.165) is 24.2 Å². The van der Waals surface area contributed by atoms with Crippen molar-refractivity contribution < 1.29 is 4.39 Å². The molecule has 0 aromatic heterocycles. The van der Waals surface area contributed by atoms with E-state index in [1.807, 2.05) is 17.8 Å². The van der Waals surface area contributed by atoms with Crippen LogP contribution in [0.5, 0.6) is 0 Å². The van der Waals surface area contributed by atoms with Gasteiger partial charge in [0.15, 0.2) is 0 Å². The third-order valence-electron chi connectivity index (χ3n) is 2.98. The topological polar surface area (TPSA) is 26.0 Å². The van der Waals surface area contributed by atoms with Gasteiger partial charge in [0.2, 0.25) is 0 Å². The maximum Gasteiger partial charge on any atom is 0.123 e. The second kappa shape index (κ2) is 7.80. The van der Waals surface area contributed by atoms with Gasteiger partial charge in [-0.2, -0.15) is 0 Å². The van der Waals surface area contributed by atoms with E-state index in [0.29, 0.717) is 5.92 Å². The molecule has 0 bridgehead atoms. The van der Waals surface area contributed by atoms with E-state index < -0.39 is 0 Å². The summed E-state index contributed by atoms with van der Waals surface area (Å²) in [7, 11) is 0. The summed E-state index contributed by atoms with van der Waals surface area (Å²) in [6, 6.07) is 5.18. The lowest BCUT2D eigenvalue weighted by Crippen LogP contribution is -2.21. The molecule has 1 unspecified atom stereocenters. The number of benzene rings is 1. The third-order valence-corrected chi connectivity index (χ3v) is 4.13. The van der Waals surface area contributed by atoms with Crippen molar-refractivity contribution in [1.29, 1.82) is 0 Å². The van der Waals surface area contributed by atoms with Gasteiger partial charge >= 0.3 is 0 Å². The Balaban J connectivity index is 2.70. The van der Waals surface area contributed by atoms with Crippen LogP contribution < -0.4 is 5.73 Å². The zero-order chi connectivity index (χ0) is 13.5. The summed E-state index contributed by atoms with van der Waals surface area (Å²) in [5, 5.41) is 0. The molecule has 0 aliphatic rings. The van der Waals surface area contributed by atoms with Gasteiger partial charge in [-0.1, -0.05) is 20.8 Å². The molecule has 0 amide bonds. The van der Waals surface area contributed by atoms with Crippen molar-refractivity contribution in [3.8, 4) is 0 Å². The minimum absolute atomic E-state index is 0.122. The molecular formula is C15H24FNS. The van der Waals surface area contributed by atoms with Crippen LogP contribution in [0.2, 0.25) is 0 Å². The van der Waals surface area contributed by atoms with E-state index >= 15 is 0 Å². The summed E-state index contributed by atoms with van der Waals surface area (Å²) in [6.07, 6.45) is 2.87. The normalized spacial score (nSPS) is 13.0.